The Kier molecular flexibility index (Phi) is 7.55. The first-order valence-electron chi connectivity index (χ1n) is 10.1. The summed E-state index contributed by atoms with van der Waals surface area (Å²) in [4.78, 5) is 14.1. The lowest BCUT2D eigenvalue weighted by Crippen LogP contribution is -2.30. The molecular formula is C24H25FN2O5S. The number of hydrogen-bond acceptors (Lipinski definition) is 5. The lowest BCUT2D eigenvalue weighted by Gasteiger charge is -2.18. The Morgan fingerprint density at radius 3 is 2.24 bits per heavy atom. The summed E-state index contributed by atoms with van der Waals surface area (Å²) >= 11 is 0. The zero-order valence-electron chi connectivity index (χ0n) is 18.5. The van der Waals surface area contributed by atoms with Crippen LogP contribution in [0.2, 0.25) is 0 Å². The number of ether oxygens (including phenoxy) is 2. The smallest absolute Gasteiger partial charge is 0.262 e. The fraction of sp³-hybridized carbons (Fsp3) is 0.208. The Morgan fingerprint density at radius 1 is 1.00 bits per heavy atom. The lowest BCUT2D eigenvalue weighted by atomic mass is 10.2. The minimum atomic E-state index is -3.89. The quantitative estimate of drug-likeness (QED) is 0.507. The molecule has 0 fully saturated rings. The molecule has 0 saturated heterocycles. The predicted molar refractivity (Wildman–Crippen MR) is 124 cm³/mol. The molecule has 0 atom stereocenters. The van der Waals surface area contributed by atoms with Crippen molar-refractivity contribution in [3.05, 3.63) is 83.7 Å². The number of aryl methyl sites for hydroxylation is 1. The third-order valence-corrected chi connectivity index (χ3v) is 6.45. The van der Waals surface area contributed by atoms with Gasteiger partial charge in [0.05, 0.1) is 18.6 Å². The SMILES string of the molecule is COc1ccc(OCCN(C)C(=O)c2ccc(NS(=O)(=O)c3ccc(F)cc3C)cc2)cc1. The molecule has 0 bridgehead atoms. The van der Waals surface area contributed by atoms with Gasteiger partial charge in [0.2, 0.25) is 0 Å². The summed E-state index contributed by atoms with van der Waals surface area (Å²) in [5.41, 5.74) is 0.997. The number of methoxy groups -OCH3 is 1. The van der Waals surface area contributed by atoms with Crippen LogP contribution < -0.4 is 14.2 Å². The first-order chi connectivity index (χ1) is 15.7. The molecule has 174 valence electrons. The normalized spacial score (nSPS) is 11.0. The number of nitrogens with one attached hydrogen (secondary N) is 1. The van der Waals surface area contributed by atoms with Gasteiger partial charge >= 0.3 is 0 Å². The number of nitrogens with zero attached hydrogens (tertiary/aromatic N) is 1. The van der Waals surface area contributed by atoms with E-state index in [1.54, 1.807) is 50.6 Å². The van der Waals surface area contributed by atoms with Crippen LogP contribution in [0.25, 0.3) is 0 Å². The van der Waals surface area contributed by atoms with E-state index in [0.29, 0.717) is 35.7 Å². The zero-order chi connectivity index (χ0) is 24.0. The molecule has 0 aliphatic carbocycles. The second-order valence-corrected chi connectivity index (χ2v) is 8.99. The summed E-state index contributed by atoms with van der Waals surface area (Å²) < 4.78 is 51.7. The highest BCUT2D eigenvalue weighted by atomic mass is 32.2. The summed E-state index contributed by atoms with van der Waals surface area (Å²) in [5, 5.41) is 0. The van der Waals surface area contributed by atoms with Gasteiger partial charge in [0.15, 0.2) is 0 Å². The van der Waals surface area contributed by atoms with E-state index in [9.17, 15) is 17.6 Å². The third kappa shape index (κ3) is 6.23. The van der Waals surface area contributed by atoms with Crippen LogP contribution >= 0.6 is 0 Å². The number of rotatable bonds is 9. The average molecular weight is 473 g/mol. The highest BCUT2D eigenvalue weighted by Crippen LogP contribution is 2.21. The molecule has 0 aromatic heterocycles. The maximum absolute atomic E-state index is 13.3. The number of likely N-dealkylation sites (N-methyl/N-ethyl adjacent to an activating group) is 1. The van der Waals surface area contributed by atoms with Crippen LogP contribution in [0.1, 0.15) is 15.9 Å². The summed E-state index contributed by atoms with van der Waals surface area (Å²) in [7, 11) is -0.641. The number of benzene rings is 3. The highest BCUT2D eigenvalue weighted by molar-refractivity contribution is 7.92. The van der Waals surface area contributed by atoms with E-state index in [0.717, 1.165) is 17.9 Å². The van der Waals surface area contributed by atoms with E-state index in [-0.39, 0.29) is 10.8 Å². The molecule has 3 aromatic rings. The van der Waals surface area contributed by atoms with Gasteiger partial charge in [-0.3, -0.25) is 9.52 Å². The number of halogens is 1. The van der Waals surface area contributed by atoms with Crippen LogP contribution in [-0.4, -0.2) is 46.5 Å². The summed E-state index contributed by atoms with van der Waals surface area (Å²) in [6.45, 7) is 2.19. The van der Waals surface area contributed by atoms with Crippen molar-refractivity contribution in [2.24, 2.45) is 0 Å². The van der Waals surface area contributed by atoms with E-state index >= 15 is 0 Å². The van der Waals surface area contributed by atoms with Gasteiger partial charge in [-0.25, -0.2) is 12.8 Å². The van der Waals surface area contributed by atoms with E-state index in [4.69, 9.17) is 9.47 Å². The number of carbonyl (C=O) groups excluding carboxylic acids is 1. The van der Waals surface area contributed by atoms with Crippen LogP contribution in [-0.2, 0) is 10.0 Å². The van der Waals surface area contributed by atoms with Gasteiger partial charge in [0, 0.05) is 18.3 Å². The molecule has 0 aliphatic heterocycles. The van der Waals surface area contributed by atoms with Crippen LogP contribution in [0.4, 0.5) is 10.1 Å². The Labute approximate surface area is 192 Å². The van der Waals surface area contributed by atoms with E-state index < -0.39 is 15.8 Å². The second kappa shape index (κ2) is 10.4. The molecule has 0 radical (unpaired) electrons. The maximum Gasteiger partial charge on any atom is 0.262 e. The first kappa shape index (κ1) is 24.1. The average Bonchev–Trinajstić information content (AvgIpc) is 2.79. The van der Waals surface area contributed by atoms with Crippen molar-refractivity contribution in [3.8, 4) is 11.5 Å². The van der Waals surface area contributed by atoms with Crippen molar-refractivity contribution < 1.29 is 27.1 Å². The number of hydrogen-bond donors (Lipinski definition) is 1. The molecule has 7 nitrogen and oxygen atoms in total. The summed E-state index contributed by atoms with van der Waals surface area (Å²) in [6, 6.07) is 16.7. The summed E-state index contributed by atoms with van der Waals surface area (Å²) in [5.74, 6) is 0.669. The zero-order valence-corrected chi connectivity index (χ0v) is 19.4. The molecule has 1 amide bonds. The van der Waals surface area contributed by atoms with Crippen molar-refractivity contribution in [2.45, 2.75) is 11.8 Å². The minimum Gasteiger partial charge on any atom is -0.497 e. The van der Waals surface area contributed by atoms with Gasteiger partial charge in [0.1, 0.15) is 23.9 Å². The van der Waals surface area contributed by atoms with Gasteiger partial charge in [-0.1, -0.05) is 0 Å². The van der Waals surface area contributed by atoms with E-state index in [1.807, 2.05) is 0 Å². The molecule has 0 unspecified atom stereocenters. The lowest BCUT2D eigenvalue weighted by molar-refractivity contribution is 0.0774. The van der Waals surface area contributed by atoms with Crippen molar-refractivity contribution in [1.29, 1.82) is 0 Å². The summed E-state index contributed by atoms with van der Waals surface area (Å²) in [6.07, 6.45) is 0. The van der Waals surface area contributed by atoms with Crippen LogP contribution in [0.5, 0.6) is 11.5 Å². The standard InChI is InChI=1S/C24H25FN2O5S/c1-17-16-19(25)6-13-23(17)33(29,30)26-20-7-4-18(5-8-20)24(28)27(2)14-15-32-22-11-9-21(31-3)10-12-22/h4-13,16,26H,14-15H2,1-3H3. The number of anilines is 1. The van der Waals surface area contributed by atoms with Gasteiger partial charge in [-0.05, 0) is 79.2 Å². The predicted octanol–water partition coefficient (Wildman–Crippen LogP) is 4.09. The first-order valence-corrected chi connectivity index (χ1v) is 11.6. The Morgan fingerprint density at radius 2 is 1.64 bits per heavy atom. The molecule has 0 heterocycles. The Balaban J connectivity index is 1.57. The van der Waals surface area contributed by atoms with E-state index in [2.05, 4.69) is 4.72 Å². The van der Waals surface area contributed by atoms with Crippen molar-refractivity contribution in [3.63, 3.8) is 0 Å². The van der Waals surface area contributed by atoms with E-state index in [1.165, 1.54) is 30.0 Å². The molecule has 9 heteroatoms. The van der Waals surface area contributed by atoms with Gasteiger partial charge in [-0.2, -0.15) is 0 Å². The molecule has 3 rings (SSSR count). The highest BCUT2D eigenvalue weighted by Gasteiger charge is 2.18. The Hall–Kier alpha value is -3.59. The topological polar surface area (TPSA) is 84.9 Å². The molecule has 33 heavy (non-hydrogen) atoms. The molecule has 0 saturated carbocycles. The van der Waals surface area contributed by atoms with Crippen molar-refractivity contribution in [1.82, 2.24) is 4.90 Å². The number of amides is 1. The maximum atomic E-state index is 13.3. The van der Waals surface area contributed by atoms with Gasteiger partial charge < -0.3 is 14.4 Å². The molecular weight excluding hydrogens is 447 g/mol. The fourth-order valence-electron chi connectivity index (χ4n) is 3.10. The van der Waals surface area contributed by atoms with Gasteiger partial charge in [0.25, 0.3) is 15.9 Å². The number of sulfonamides is 1. The fourth-order valence-corrected chi connectivity index (χ4v) is 4.39. The molecule has 3 aromatic carbocycles. The molecule has 0 aliphatic rings. The van der Waals surface area contributed by atoms with Gasteiger partial charge in [-0.15, -0.1) is 0 Å². The van der Waals surface area contributed by atoms with Crippen molar-refractivity contribution >= 4 is 21.6 Å². The monoisotopic (exact) mass is 472 g/mol. The largest absolute Gasteiger partial charge is 0.497 e. The van der Waals surface area contributed by atoms with Crippen molar-refractivity contribution in [2.75, 3.05) is 32.0 Å². The number of carbonyl (C=O) groups is 1. The molecule has 1 N–H and O–H groups in total. The third-order valence-electron chi connectivity index (χ3n) is 4.91. The Bertz CT molecular complexity index is 1210. The van der Waals surface area contributed by atoms with Crippen LogP contribution in [0, 0.1) is 12.7 Å². The van der Waals surface area contributed by atoms with Crippen LogP contribution in [0.3, 0.4) is 0 Å². The minimum absolute atomic E-state index is 0.0133. The second-order valence-electron chi connectivity index (χ2n) is 7.34. The van der Waals surface area contributed by atoms with Crippen LogP contribution in [0.15, 0.2) is 71.6 Å². The molecule has 0 spiro atoms.